The van der Waals surface area contributed by atoms with Gasteiger partial charge in [0.2, 0.25) is 0 Å². The first-order valence-corrected chi connectivity index (χ1v) is 2.92. The summed E-state index contributed by atoms with van der Waals surface area (Å²) in [5, 5.41) is 0. The van der Waals surface area contributed by atoms with Gasteiger partial charge in [0.25, 0.3) is 0 Å². The summed E-state index contributed by atoms with van der Waals surface area (Å²) in [6.07, 6.45) is 6.23. The molecule has 0 aliphatic rings. The van der Waals surface area contributed by atoms with Crippen LogP contribution in [0.15, 0.2) is 12.2 Å². The molecule has 0 aromatic heterocycles. The van der Waals surface area contributed by atoms with Crippen molar-refractivity contribution in [2.75, 3.05) is 6.67 Å². The number of hydrogen-bond donors (Lipinski definition) is 0. The molecule has 0 unspecified atom stereocenters. The first kappa shape index (κ1) is 7.67. The molecule has 8 heavy (non-hydrogen) atoms. The van der Waals surface area contributed by atoms with Gasteiger partial charge >= 0.3 is 0 Å². The highest BCUT2D eigenvalue weighted by molar-refractivity contribution is 4.81. The predicted molar refractivity (Wildman–Crippen MR) is 34.3 cm³/mol. The van der Waals surface area contributed by atoms with Gasteiger partial charge < -0.3 is 0 Å². The molecule has 0 aromatic rings. The van der Waals surface area contributed by atoms with Gasteiger partial charge in [0.1, 0.15) is 0 Å². The monoisotopic (exact) mass is 115 g/mol. The zero-order valence-electron chi connectivity index (χ0n) is 5.07. The average Bonchev–Trinajstić information content (AvgIpc) is 1.81. The molecule has 0 spiro atoms. The lowest BCUT2D eigenvalue weighted by Gasteiger charge is -1.83. The van der Waals surface area contributed by atoms with Gasteiger partial charge in [-0.15, -0.1) is 0 Å². The van der Waals surface area contributed by atoms with Crippen LogP contribution in [0.25, 0.3) is 0 Å². The highest BCUT2D eigenvalue weighted by Gasteiger charge is 1.77. The second kappa shape index (κ2) is 6.67. The third kappa shape index (κ3) is 5.67. The lowest BCUT2D eigenvalue weighted by Crippen LogP contribution is -1.70. The van der Waals surface area contributed by atoms with E-state index in [4.69, 9.17) is 0 Å². The van der Waals surface area contributed by atoms with Crippen LogP contribution in [0.2, 0.25) is 0 Å². The number of allylic oxidation sites excluding steroid dienone is 2. The van der Waals surface area contributed by atoms with Crippen LogP contribution in [0.4, 0.5) is 4.39 Å². The number of hydrogen-bond acceptors (Lipinski definition) is 0. The lowest BCUT2D eigenvalue weighted by molar-refractivity contribution is 0.475. The molecule has 0 bridgehead atoms. The van der Waals surface area contributed by atoms with Crippen molar-refractivity contribution in [3.05, 3.63) is 19.1 Å². The second-order valence-electron chi connectivity index (χ2n) is 1.59. The number of halogens is 1. The van der Waals surface area contributed by atoms with Crippen molar-refractivity contribution in [3.63, 3.8) is 0 Å². The molecule has 0 aromatic carbocycles. The van der Waals surface area contributed by atoms with E-state index in [0.717, 1.165) is 12.8 Å². The van der Waals surface area contributed by atoms with Gasteiger partial charge in [-0.25, -0.2) is 0 Å². The van der Waals surface area contributed by atoms with Crippen LogP contribution in [-0.2, 0) is 0 Å². The molecular weight excluding hydrogens is 103 g/mol. The predicted octanol–water partition coefficient (Wildman–Crippen LogP) is 2.52. The molecule has 0 heterocycles. The van der Waals surface area contributed by atoms with E-state index >= 15 is 0 Å². The van der Waals surface area contributed by atoms with E-state index < -0.39 is 0 Å². The summed E-state index contributed by atoms with van der Waals surface area (Å²) in [5.74, 6) is 0. The Morgan fingerprint density at radius 2 is 2.12 bits per heavy atom. The van der Waals surface area contributed by atoms with Crippen molar-refractivity contribution in [1.82, 2.24) is 0 Å². The Morgan fingerprint density at radius 3 is 2.62 bits per heavy atom. The molecule has 0 atom stereocenters. The van der Waals surface area contributed by atoms with E-state index in [1.807, 2.05) is 12.2 Å². The van der Waals surface area contributed by atoms with Crippen molar-refractivity contribution >= 4 is 0 Å². The Morgan fingerprint density at radius 1 is 1.38 bits per heavy atom. The molecule has 0 N–H and O–H groups in total. The smallest absolute Gasteiger partial charge is 0.0897 e. The summed E-state index contributed by atoms with van der Waals surface area (Å²) in [4.78, 5) is 0. The standard InChI is InChI=1S/C7H12F/c1-2-3-4-5-6-7-8/h3-4H,1-2,5-7H2. The SMILES string of the molecule is [CH2]CC=CCCCF. The van der Waals surface area contributed by atoms with Crippen molar-refractivity contribution in [1.29, 1.82) is 0 Å². The zero-order valence-corrected chi connectivity index (χ0v) is 5.07. The second-order valence-corrected chi connectivity index (χ2v) is 1.59. The molecule has 0 saturated heterocycles. The summed E-state index contributed by atoms with van der Waals surface area (Å²) in [7, 11) is 0. The molecule has 1 heteroatoms. The molecule has 0 saturated carbocycles. The Bertz CT molecular complexity index is 57.4. The van der Waals surface area contributed by atoms with Gasteiger partial charge in [-0.1, -0.05) is 12.2 Å². The minimum atomic E-state index is -0.207. The minimum Gasteiger partial charge on any atom is -0.251 e. The van der Waals surface area contributed by atoms with Gasteiger partial charge in [-0.05, 0) is 26.2 Å². The molecule has 47 valence electrons. The summed E-state index contributed by atoms with van der Waals surface area (Å²) in [5.41, 5.74) is 0. The maximum Gasteiger partial charge on any atom is 0.0897 e. The Kier molecular flexibility index (Phi) is 6.39. The van der Waals surface area contributed by atoms with E-state index in [2.05, 4.69) is 6.92 Å². The highest BCUT2D eigenvalue weighted by Crippen LogP contribution is 1.91. The van der Waals surface area contributed by atoms with Crippen LogP contribution in [0.5, 0.6) is 0 Å². The Hall–Kier alpha value is -0.330. The summed E-state index contributed by atoms with van der Waals surface area (Å²) >= 11 is 0. The maximum absolute atomic E-state index is 11.4. The first-order chi connectivity index (χ1) is 3.91. The fourth-order valence-electron chi connectivity index (χ4n) is 0.431. The number of unbranched alkanes of at least 4 members (excludes halogenated alkanes) is 1. The highest BCUT2D eigenvalue weighted by atomic mass is 19.1. The first-order valence-electron chi connectivity index (χ1n) is 2.92. The molecule has 0 nitrogen and oxygen atoms in total. The average molecular weight is 115 g/mol. The Balaban J connectivity index is 2.80. The van der Waals surface area contributed by atoms with Crippen LogP contribution in [0.1, 0.15) is 19.3 Å². The van der Waals surface area contributed by atoms with E-state index in [0.29, 0.717) is 6.42 Å². The van der Waals surface area contributed by atoms with E-state index in [-0.39, 0.29) is 6.67 Å². The molecule has 1 radical (unpaired) electrons. The van der Waals surface area contributed by atoms with Gasteiger partial charge in [0.05, 0.1) is 6.67 Å². The summed E-state index contributed by atoms with van der Waals surface area (Å²) in [6, 6.07) is 0. The summed E-state index contributed by atoms with van der Waals surface area (Å²) in [6.45, 7) is 3.40. The normalized spacial score (nSPS) is 10.8. The van der Waals surface area contributed by atoms with E-state index in [1.165, 1.54) is 0 Å². The third-order valence-corrected chi connectivity index (χ3v) is 0.838. The minimum absolute atomic E-state index is 0.207. The topological polar surface area (TPSA) is 0 Å². The molecule has 0 amide bonds. The maximum atomic E-state index is 11.4. The molecule has 0 aliphatic heterocycles. The van der Waals surface area contributed by atoms with Crippen molar-refractivity contribution < 1.29 is 4.39 Å². The Labute approximate surface area is 50.4 Å². The van der Waals surface area contributed by atoms with Crippen molar-refractivity contribution in [3.8, 4) is 0 Å². The zero-order chi connectivity index (χ0) is 6.24. The molecular formula is C7H12F. The van der Waals surface area contributed by atoms with Crippen LogP contribution in [0, 0.1) is 6.92 Å². The van der Waals surface area contributed by atoms with Crippen molar-refractivity contribution in [2.24, 2.45) is 0 Å². The van der Waals surface area contributed by atoms with E-state index in [9.17, 15) is 4.39 Å². The quantitative estimate of drug-likeness (QED) is 0.390. The molecule has 0 rings (SSSR count). The van der Waals surface area contributed by atoms with Crippen LogP contribution in [-0.4, -0.2) is 6.67 Å². The molecule has 0 fully saturated rings. The van der Waals surface area contributed by atoms with Gasteiger partial charge in [-0.3, -0.25) is 4.39 Å². The number of rotatable bonds is 4. The van der Waals surface area contributed by atoms with Crippen LogP contribution in [0.3, 0.4) is 0 Å². The van der Waals surface area contributed by atoms with Gasteiger partial charge in [-0.2, -0.15) is 0 Å². The number of alkyl halides is 1. The lowest BCUT2D eigenvalue weighted by atomic mass is 10.3. The van der Waals surface area contributed by atoms with Gasteiger partial charge in [0, 0.05) is 0 Å². The largest absolute Gasteiger partial charge is 0.251 e. The van der Waals surface area contributed by atoms with E-state index in [1.54, 1.807) is 0 Å². The fourth-order valence-corrected chi connectivity index (χ4v) is 0.431. The fraction of sp³-hybridized carbons (Fsp3) is 0.571. The van der Waals surface area contributed by atoms with Crippen LogP contribution >= 0.6 is 0 Å². The van der Waals surface area contributed by atoms with Crippen molar-refractivity contribution in [2.45, 2.75) is 19.3 Å². The van der Waals surface area contributed by atoms with Gasteiger partial charge in [0.15, 0.2) is 0 Å². The summed E-state index contributed by atoms with van der Waals surface area (Å²) < 4.78 is 11.4. The van der Waals surface area contributed by atoms with Crippen LogP contribution < -0.4 is 0 Å². The molecule has 0 aliphatic carbocycles. The third-order valence-electron chi connectivity index (χ3n) is 0.838.